The SMILES string of the molecule is [Co].c1cnc2c(c1)-c1cc3[nH]c(cc4nc(cc5[nH]c(cc-2n1)c1cccnc51)-c1cccnc1-4)c1cccnc31. The Labute approximate surface area is 242 Å². The number of hydrogen-bond acceptors (Lipinski definition) is 6. The number of fused-ring (bicyclic) bond motifs is 20. The van der Waals surface area contributed by atoms with Gasteiger partial charge in [0, 0.05) is 63.5 Å². The van der Waals surface area contributed by atoms with Crippen molar-refractivity contribution in [1.29, 1.82) is 0 Å². The van der Waals surface area contributed by atoms with Crippen LogP contribution in [0.5, 0.6) is 0 Å². The first-order valence-corrected chi connectivity index (χ1v) is 13.0. The van der Waals surface area contributed by atoms with E-state index in [9.17, 15) is 0 Å². The van der Waals surface area contributed by atoms with Crippen molar-refractivity contribution >= 4 is 43.9 Å². The Balaban J connectivity index is 0.00000256. The Bertz CT molecular complexity index is 2030. The van der Waals surface area contributed by atoms with Crippen molar-refractivity contribution in [2.45, 2.75) is 0 Å². The molecule has 0 aromatic carbocycles. The smallest absolute Gasteiger partial charge is 0.0981 e. The molecule has 0 amide bonds. The van der Waals surface area contributed by atoms with E-state index in [0.717, 1.165) is 89.2 Å². The zero-order valence-corrected chi connectivity index (χ0v) is 22.3. The number of aromatic amines is 2. The van der Waals surface area contributed by atoms with Gasteiger partial charge >= 0.3 is 0 Å². The van der Waals surface area contributed by atoms with E-state index in [1.54, 1.807) is 12.4 Å². The van der Waals surface area contributed by atoms with Crippen molar-refractivity contribution in [3.05, 3.63) is 97.6 Å². The van der Waals surface area contributed by atoms with Gasteiger partial charge in [0.2, 0.25) is 0 Å². The summed E-state index contributed by atoms with van der Waals surface area (Å²) in [7, 11) is 0. The fraction of sp³-hybridized carbons (Fsp3) is 0. The van der Waals surface area contributed by atoms with Crippen LogP contribution < -0.4 is 0 Å². The van der Waals surface area contributed by atoms with Crippen LogP contribution in [-0.4, -0.2) is 39.9 Å². The molecule has 8 nitrogen and oxygen atoms in total. The molecule has 0 spiro atoms. The van der Waals surface area contributed by atoms with E-state index in [2.05, 4.69) is 34.2 Å². The molecule has 0 unspecified atom stereocenters. The van der Waals surface area contributed by atoms with E-state index >= 15 is 0 Å². The van der Waals surface area contributed by atoms with Gasteiger partial charge in [-0.15, -0.1) is 0 Å². The third-order valence-corrected chi connectivity index (χ3v) is 7.50. The van der Waals surface area contributed by atoms with E-state index < -0.39 is 0 Å². The van der Waals surface area contributed by atoms with Crippen LogP contribution in [0.2, 0.25) is 0 Å². The maximum atomic E-state index is 5.05. The average molecular weight is 573 g/mol. The molecule has 195 valence electrons. The van der Waals surface area contributed by atoms with Gasteiger partial charge < -0.3 is 9.97 Å². The zero-order valence-electron chi connectivity index (χ0n) is 21.3. The minimum atomic E-state index is 0. The summed E-state index contributed by atoms with van der Waals surface area (Å²) in [5.74, 6) is 0. The fourth-order valence-corrected chi connectivity index (χ4v) is 5.74. The topological polar surface area (TPSA) is 109 Å². The molecule has 0 saturated heterocycles. The zero-order chi connectivity index (χ0) is 26.2. The molecule has 41 heavy (non-hydrogen) atoms. The van der Waals surface area contributed by atoms with E-state index in [0.29, 0.717) is 0 Å². The van der Waals surface area contributed by atoms with Crippen LogP contribution in [0.3, 0.4) is 0 Å². The molecule has 9 heteroatoms. The van der Waals surface area contributed by atoms with Gasteiger partial charge in [-0.3, -0.25) is 19.9 Å². The number of rotatable bonds is 0. The standard InChI is InChI=1S/C32H18N8.Co/c1-5-17-21-13-26-30-19(7-3-10-34-30)23(38-26)15-28-32-20(8-4-12-36-32)24(40-28)16-27-31-18(6-2-11-35-31)22(39-27)14-25(37-21)29(17)33-9-1;/h1-16,37,40H;. The predicted octanol–water partition coefficient (Wildman–Crippen LogP) is 6.87. The molecule has 7 aromatic rings. The van der Waals surface area contributed by atoms with Gasteiger partial charge in [0.15, 0.2) is 0 Å². The van der Waals surface area contributed by atoms with Gasteiger partial charge in [0.25, 0.3) is 0 Å². The van der Waals surface area contributed by atoms with E-state index in [4.69, 9.17) is 29.9 Å². The van der Waals surface area contributed by atoms with Gasteiger partial charge in [-0.1, -0.05) is 0 Å². The number of nitrogens with zero attached hydrogens (tertiary/aromatic N) is 6. The van der Waals surface area contributed by atoms with Crippen molar-refractivity contribution in [3.63, 3.8) is 0 Å². The average Bonchev–Trinajstić information content (AvgIpc) is 3.73. The van der Waals surface area contributed by atoms with Gasteiger partial charge in [-0.2, -0.15) is 0 Å². The van der Waals surface area contributed by atoms with Crippen molar-refractivity contribution in [3.8, 4) is 45.3 Å². The van der Waals surface area contributed by atoms with Crippen LogP contribution in [-0.2, 0) is 16.8 Å². The van der Waals surface area contributed by atoms with Crippen LogP contribution >= 0.6 is 0 Å². The number of hydrogen-bond donors (Lipinski definition) is 2. The summed E-state index contributed by atoms with van der Waals surface area (Å²) in [5.41, 5.74) is 12.1. The predicted molar refractivity (Wildman–Crippen MR) is 156 cm³/mol. The summed E-state index contributed by atoms with van der Waals surface area (Å²) in [6.45, 7) is 0. The molecule has 2 aliphatic rings. The quantitative estimate of drug-likeness (QED) is 0.205. The molecule has 0 saturated carbocycles. The molecule has 0 aliphatic carbocycles. The van der Waals surface area contributed by atoms with Gasteiger partial charge in [-0.05, 0) is 72.8 Å². The second kappa shape index (κ2) is 8.88. The van der Waals surface area contributed by atoms with Crippen molar-refractivity contribution in [1.82, 2.24) is 39.9 Å². The Kier molecular flexibility index (Phi) is 5.12. The molecule has 2 aliphatic heterocycles. The summed E-state index contributed by atoms with van der Waals surface area (Å²) >= 11 is 0. The molecule has 0 atom stereocenters. The minimum Gasteiger partial charge on any atom is -0.353 e. The molecule has 9 rings (SSSR count). The Morgan fingerprint density at radius 3 is 1.34 bits per heavy atom. The molecule has 8 bridgehead atoms. The number of nitrogens with one attached hydrogen (secondary N) is 2. The normalized spacial score (nSPS) is 11.7. The summed E-state index contributed by atoms with van der Waals surface area (Å²) in [6, 6.07) is 24.2. The summed E-state index contributed by atoms with van der Waals surface area (Å²) in [6.07, 6.45) is 7.22. The first kappa shape index (κ1) is 23.6. The van der Waals surface area contributed by atoms with Crippen LogP contribution in [0.25, 0.3) is 89.2 Å². The molecule has 0 fully saturated rings. The maximum absolute atomic E-state index is 5.05. The molecular formula is C32H18CoN8. The van der Waals surface area contributed by atoms with Crippen molar-refractivity contribution < 1.29 is 16.8 Å². The van der Waals surface area contributed by atoms with E-state index in [1.807, 2.05) is 60.9 Å². The maximum Gasteiger partial charge on any atom is 0.0981 e. The van der Waals surface area contributed by atoms with E-state index in [1.165, 1.54) is 0 Å². The third kappa shape index (κ3) is 3.53. The number of H-pyrrole nitrogens is 2. The van der Waals surface area contributed by atoms with Gasteiger partial charge in [-0.25, -0.2) is 9.97 Å². The first-order valence-electron chi connectivity index (χ1n) is 13.0. The molecule has 2 N–H and O–H groups in total. The van der Waals surface area contributed by atoms with Crippen LogP contribution in [0, 0.1) is 0 Å². The first-order chi connectivity index (χ1) is 19.8. The minimum absolute atomic E-state index is 0. The van der Waals surface area contributed by atoms with Crippen LogP contribution in [0.1, 0.15) is 0 Å². The fourth-order valence-electron chi connectivity index (χ4n) is 5.74. The molecule has 1 radical (unpaired) electrons. The van der Waals surface area contributed by atoms with Gasteiger partial charge in [0.05, 0.1) is 67.3 Å². The second-order valence-electron chi connectivity index (χ2n) is 9.84. The number of pyridine rings is 4. The van der Waals surface area contributed by atoms with Crippen LogP contribution in [0.4, 0.5) is 0 Å². The van der Waals surface area contributed by atoms with E-state index in [-0.39, 0.29) is 16.8 Å². The monoisotopic (exact) mass is 573 g/mol. The van der Waals surface area contributed by atoms with Crippen molar-refractivity contribution in [2.75, 3.05) is 0 Å². The van der Waals surface area contributed by atoms with Crippen LogP contribution in [0.15, 0.2) is 97.6 Å². The molecule has 7 aromatic heterocycles. The summed E-state index contributed by atoms with van der Waals surface area (Å²) in [5, 5.41) is 2.00. The Hall–Kier alpha value is -5.25. The molecule has 9 heterocycles. The second-order valence-corrected chi connectivity index (χ2v) is 9.84. The number of aromatic nitrogens is 8. The summed E-state index contributed by atoms with van der Waals surface area (Å²) in [4.78, 5) is 36.1. The Morgan fingerprint density at radius 1 is 0.439 bits per heavy atom. The Morgan fingerprint density at radius 2 is 0.854 bits per heavy atom. The third-order valence-electron chi connectivity index (χ3n) is 7.50. The molecular weight excluding hydrogens is 555 g/mol. The summed E-state index contributed by atoms with van der Waals surface area (Å²) < 4.78 is 0. The largest absolute Gasteiger partial charge is 0.353 e. The van der Waals surface area contributed by atoms with Gasteiger partial charge in [0.1, 0.15) is 0 Å². The van der Waals surface area contributed by atoms with Crippen molar-refractivity contribution in [2.24, 2.45) is 0 Å².